The summed E-state index contributed by atoms with van der Waals surface area (Å²) in [6.45, 7) is 6.41. The fraction of sp³-hybridized carbons (Fsp3) is 0.727. The first kappa shape index (κ1) is 15.3. The molecule has 3 radical (unpaired) electrons. The van der Waals surface area contributed by atoms with Crippen LogP contribution >= 0.6 is 0 Å². The Balaban J connectivity index is 4.97. The molecule has 16 heavy (non-hydrogen) atoms. The highest BCUT2D eigenvalue weighted by molar-refractivity contribution is 6.24. The van der Waals surface area contributed by atoms with Crippen molar-refractivity contribution in [3.05, 3.63) is 10.8 Å². The van der Waals surface area contributed by atoms with Crippen molar-refractivity contribution < 1.29 is 19.4 Å². The van der Waals surface area contributed by atoms with Gasteiger partial charge in [-0.15, -0.1) is 0 Å². The number of allylic oxidation sites excluding steroid dienone is 1. The molecule has 0 aromatic carbocycles. The molecule has 1 N–H and O–H groups in total. The maximum Gasteiger partial charge on any atom is 0.336 e. The lowest BCUT2D eigenvalue weighted by Crippen LogP contribution is -2.26. The van der Waals surface area contributed by atoms with Crippen LogP contribution in [0.25, 0.3) is 0 Å². The first-order valence-corrected chi connectivity index (χ1v) is 5.99. The van der Waals surface area contributed by atoms with Gasteiger partial charge in [-0.3, -0.25) is 0 Å². The van der Waals surface area contributed by atoms with Crippen LogP contribution in [0.4, 0.5) is 0 Å². The van der Waals surface area contributed by atoms with Crippen molar-refractivity contribution in [2.75, 3.05) is 13.2 Å². The van der Waals surface area contributed by atoms with Gasteiger partial charge in [0.15, 0.2) is 6.29 Å². The second-order valence-electron chi connectivity index (χ2n) is 3.19. The zero-order valence-electron chi connectivity index (χ0n) is 10.1. The largest absolute Gasteiger partial charge is 0.478 e. The van der Waals surface area contributed by atoms with Gasteiger partial charge in [-0.1, -0.05) is 18.5 Å². The lowest BCUT2D eigenvalue weighted by atomic mass is 10.2. The van der Waals surface area contributed by atoms with Crippen LogP contribution in [0.2, 0.25) is 0 Å². The van der Waals surface area contributed by atoms with Gasteiger partial charge in [-0.2, -0.15) is 0 Å². The van der Waals surface area contributed by atoms with Crippen molar-refractivity contribution >= 4 is 16.2 Å². The number of aliphatic carboxylic acids is 1. The molecular formula is C11H19O4Si. The summed E-state index contributed by atoms with van der Waals surface area (Å²) >= 11 is 0. The molecule has 0 bridgehead atoms. The third-order valence-electron chi connectivity index (χ3n) is 1.93. The van der Waals surface area contributed by atoms with Crippen molar-refractivity contribution in [1.82, 2.24) is 0 Å². The van der Waals surface area contributed by atoms with Gasteiger partial charge in [0.1, 0.15) is 0 Å². The van der Waals surface area contributed by atoms with Crippen molar-refractivity contribution in [3.63, 3.8) is 0 Å². The molecule has 0 rings (SSSR count). The molecule has 0 fully saturated rings. The van der Waals surface area contributed by atoms with E-state index in [0.29, 0.717) is 24.8 Å². The summed E-state index contributed by atoms with van der Waals surface area (Å²) in [7, 11) is 3.34. The Bertz CT molecular complexity index is 244. The van der Waals surface area contributed by atoms with E-state index in [9.17, 15) is 4.79 Å². The highest BCUT2D eigenvalue weighted by Crippen LogP contribution is 2.16. The smallest absolute Gasteiger partial charge is 0.336 e. The zero-order valence-corrected chi connectivity index (χ0v) is 11.1. The summed E-state index contributed by atoms with van der Waals surface area (Å²) in [4.78, 5) is 11.2. The monoisotopic (exact) mass is 243 g/mol. The van der Waals surface area contributed by atoms with Crippen LogP contribution in [0, 0.1) is 0 Å². The molecule has 5 heteroatoms. The van der Waals surface area contributed by atoms with Crippen LogP contribution in [0.1, 0.15) is 33.6 Å². The number of carboxylic acid groups (broad SMARTS) is 1. The van der Waals surface area contributed by atoms with Gasteiger partial charge in [-0.25, -0.2) is 4.79 Å². The molecule has 0 aliphatic carbocycles. The summed E-state index contributed by atoms with van der Waals surface area (Å²) in [6.07, 6.45) is 0.724. The first-order valence-electron chi connectivity index (χ1n) is 5.49. The molecule has 0 amide bonds. The Morgan fingerprint density at radius 3 is 2.06 bits per heavy atom. The topological polar surface area (TPSA) is 55.8 Å². The van der Waals surface area contributed by atoms with Crippen molar-refractivity contribution in [2.24, 2.45) is 0 Å². The van der Waals surface area contributed by atoms with E-state index in [0.717, 1.165) is 6.42 Å². The fourth-order valence-electron chi connectivity index (χ4n) is 1.27. The molecular weight excluding hydrogens is 224 g/mol. The molecule has 0 saturated carbocycles. The third-order valence-corrected chi connectivity index (χ3v) is 2.45. The van der Waals surface area contributed by atoms with Gasteiger partial charge < -0.3 is 14.6 Å². The molecule has 0 aliphatic heterocycles. The quantitative estimate of drug-likeness (QED) is 0.400. The van der Waals surface area contributed by atoms with E-state index >= 15 is 0 Å². The van der Waals surface area contributed by atoms with Crippen molar-refractivity contribution in [2.45, 2.75) is 39.9 Å². The van der Waals surface area contributed by atoms with Crippen LogP contribution in [-0.2, 0) is 14.3 Å². The van der Waals surface area contributed by atoms with Crippen LogP contribution in [0.15, 0.2) is 10.8 Å². The first-order chi connectivity index (χ1) is 7.58. The van der Waals surface area contributed by atoms with Gasteiger partial charge >= 0.3 is 5.97 Å². The molecule has 0 unspecified atom stereocenters. The third kappa shape index (κ3) is 4.91. The van der Waals surface area contributed by atoms with Gasteiger partial charge in [0.05, 0.1) is 15.8 Å². The van der Waals surface area contributed by atoms with Gasteiger partial charge in [0, 0.05) is 13.2 Å². The van der Waals surface area contributed by atoms with E-state index in [2.05, 4.69) is 10.2 Å². The predicted octanol–water partition coefficient (Wildman–Crippen LogP) is 1.69. The maximum absolute atomic E-state index is 11.2. The second-order valence-corrected chi connectivity index (χ2v) is 3.79. The Morgan fingerprint density at radius 1 is 1.25 bits per heavy atom. The van der Waals surface area contributed by atoms with Crippen molar-refractivity contribution in [1.29, 1.82) is 0 Å². The van der Waals surface area contributed by atoms with Crippen LogP contribution in [0.5, 0.6) is 0 Å². The highest BCUT2D eigenvalue weighted by atomic mass is 28.1. The minimum Gasteiger partial charge on any atom is -0.478 e. The molecule has 0 atom stereocenters. The number of hydrogen-bond acceptors (Lipinski definition) is 3. The SMILES string of the molecule is CCC/C([Si])=C(/C(=O)O)C(OCC)OCC. The Hall–Kier alpha value is -0.653. The molecule has 0 heterocycles. The van der Waals surface area contributed by atoms with Crippen LogP contribution in [-0.4, -0.2) is 40.8 Å². The normalized spacial score (nSPS) is 12.8. The van der Waals surface area contributed by atoms with Gasteiger partial charge in [-0.05, 0) is 20.3 Å². The summed E-state index contributed by atoms with van der Waals surface area (Å²) in [5, 5.41) is 9.77. The molecule has 0 aromatic heterocycles. The highest BCUT2D eigenvalue weighted by Gasteiger charge is 2.23. The lowest BCUT2D eigenvalue weighted by Gasteiger charge is -2.19. The average molecular weight is 243 g/mol. The summed E-state index contributed by atoms with van der Waals surface area (Å²) in [5.74, 6) is -1.01. The zero-order chi connectivity index (χ0) is 12.6. The van der Waals surface area contributed by atoms with E-state index in [-0.39, 0.29) is 5.57 Å². The molecule has 0 saturated heterocycles. The summed E-state index contributed by atoms with van der Waals surface area (Å²) in [6, 6.07) is 0. The maximum atomic E-state index is 11.2. The molecule has 91 valence electrons. The number of carbonyl (C=O) groups is 1. The Morgan fingerprint density at radius 2 is 1.75 bits per heavy atom. The van der Waals surface area contributed by atoms with Crippen LogP contribution in [0.3, 0.4) is 0 Å². The fourth-order valence-corrected chi connectivity index (χ4v) is 1.75. The minimum absolute atomic E-state index is 0.155. The van der Waals surface area contributed by atoms with E-state index < -0.39 is 12.3 Å². The molecule has 0 aliphatic rings. The van der Waals surface area contributed by atoms with E-state index in [4.69, 9.17) is 14.6 Å². The number of hydrogen-bond donors (Lipinski definition) is 1. The lowest BCUT2D eigenvalue weighted by molar-refractivity contribution is -0.145. The average Bonchev–Trinajstić information content (AvgIpc) is 2.18. The van der Waals surface area contributed by atoms with Gasteiger partial charge in [0.25, 0.3) is 0 Å². The standard InChI is InChI=1S/C11H19O4Si/c1-4-7-8(16)9(10(12)13)11(14-5-2)15-6-3/h11H,4-7H2,1-3H3,(H,12,13)/b9-8+. The molecule has 0 aromatic rings. The Kier molecular flexibility index (Phi) is 8.15. The molecule has 0 spiro atoms. The summed E-state index contributed by atoms with van der Waals surface area (Å²) < 4.78 is 10.6. The minimum atomic E-state index is -1.01. The van der Waals surface area contributed by atoms with Crippen LogP contribution < -0.4 is 0 Å². The second kappa shape index (κ2) is 8.49. The van der Waals surface area contributed by atoms with E-state index in [1.807, 2.05) is 6.92 Å². The van der Waals surface area contributed by atoms with E-state index in [1.165, 1.54) is 0 Å². The predicted molar refractivity (Wildman–Crippen MR) is 62.4 cm³/mol. The Labute approximate surface area is 100 Å². The molecule has 4 nitrogen and oxygen atoms in total. The summed E-state index contributed by atoms with van der Waals surface area (Å²) in [5.41, 5.74) is 0.155. The van der Waals surface area contributed by atoms with Gasteiger partial charge in [0.2, 0.25) is 0 Å². The number of rotatable bonds is 8. The van der Waals surface area contributed by atoms with Crippen molar-refractivity contribution in [3.8, 4) is 0 Å². The number of ether oxygens (including phenoxy) is 2. The number of carboxylic acids is 1. The van der Waals surface area contributed by atoms with E-state index in [1.54, 1.807) is 13.8 Å².